The fourth-order valence-electron chi connectivity index (χ4n) is 2.89. The summed E-state index contributed by atoms with van der Waals surface area (Å²) < 4.78 is 13.7. The summed E-state index contributed by atoms with van der Waals surface area (Å²) in [6.07, 6.45) is 2.81. The number of fused-ring (bicyclic) bond motifs is 2. The third-order valence-corrected chi connectivity index (χ3v) is 5.24. The molecule has 9 heteroatoms. The second-order valence-electron chi connectivity index (χ2n) is 5.94. The van der Waals surface area contributed by atoms with E-state index in [4.69, 9.17) is 9.47 Å². The van der Waals surface area contributed by atoms with Crippen molar-refractivity contribution in [3.05, 3.63) is 63.0 Å². The van der Waals surface area contributed by atoms with Crippen molar-refractivity contribution in [1.29, 1.82) is 0 Å². The van der Waals surface area contributed by atoms with Gasteiger partial charge in [-0.05, 0) is 18.6 Å². The molecule has 4 rings (SSSR count). The molecular formula is C19H15N3O5S. The molecule has 0 atom stereocenters. The monoisotopic (exact) mass is 397 g/mol. The fraction of sp³-hybridized carbons (Fsp3) is 0.158. The minimum Gasteiger partial charge on any atom is -0.454 e. The number of carbonyl (C=O) groups excluding carboxylic acids is 1. The molecule has 1 amide bonds. The lowest BCUT2D eigenvalue weighted by atomic mass is 10.2. The molecule has 0 fully saturated rings. The number of amides is 1. The van der Waals surface area contributed by atoms with E-state index in [-0.39, 0.29) is 12.5 Å². The van der Waals surface area contributed by atoms with E-state index in [1.54, 1.807) is 12.1 Å². The normalized spacial score (nSPS) is 13.5. The van der Waals surface area contributed by atoms with Crippen molar-refractivity contribution >= 4 is 39.2 Å². The lowest BCUT2D eigenvalue weighted by Crippen LogP contribution is -2.15. The predicted octanol–water partition coefficient (Wildman–Crippen LogP) is 3.50. The third-order valence-electron chi connectivity index (χ3n) is 4.20. The van der Waals surface area contributed by atoms with Crippen molar-refractivity contribution in [1.82, 2.24) is 4.57 Å². The second kappa shape index (κ2) is 7.28. The number of carbonyl (C=O) groups is 1. The molecule has 0 spiro atoms. The van der Waals surface area contributed by atoms with E-state index in [1.807, 2.05) is 23.6 Å². The van der Waals surface area contributed by atoms with Gasteiger partial charge in [0.25, 0.3) is 11.6 Å². The number of nitro groups is 1. The molecule has 0 saturated heterocycles. The van der Waals surface area contributed by atoms with Gasteiger partial charge in [-0.25, -0.2) is 0 Å². The molecule has 1 aliphatic rings. The Morgan fingerprint density at radius 1 is 1.32 bits per heavy atom. The Bertz CT molecular complexity index is 1190. The van der Waals surface area contributed by atoms with Crippen LogP contribution in [-0.2, 0) is 11.3 Å². The number of thiazole rings is 1. The smallest absolute Gasteiger partial charge is 0.272 e. The Kier molecular flexibility index (Phi) is 4.66. The molecule has 0 unspecified atom stereocenters. The summed E-state index contributed by atoms with van der Waals surface area (Å²) in [7, 11) is 0. The van der Waals surface area contributed by atoms with Gasteiger partial charge in [0.2, 0.25) is 6.79 Å². The lowest BCUT2D eigenvalue weighted by Gasteiger charge is -2.01. The SMILES string of the molecule is CCn1c(=NC(=O)/C=C/c2cccc([N+](=O)[O-])c2)sc2cc3c(cc21)OCO3. The van der Waals surface area contributed by atoms with Gasteiger partial charge in [0.15, 0.2) is 16.3 Å². The van der Waals surface area contributed by atoms with Crippen LogP contribution < -0.4 is 14.3 Å². The number of ether oxygens (including phenoxy) is 2. The Balaban J connectivity index is 1.66. The van der Waals surface area contributed by atoms with E-state index < -0.39 is 10.8 Å². The molecule has 0 N–H and O–H groups in total. The number of nitro benzene ring substituents is 1. The lowest BCUT2D eigenvalue weighted by molar-refractivity contribution is -0.384. The highest BCUT2D eigenvalue weighted by molar-refractivity contribution is 7.16. The molecule has 0 aliphatic carbocycles. The van der Waals surface area contributed by atoms with Crippen LogP contribution >= 0.6 is 11.3 Å². The highest BCUT2D eigenvalue weighted by Gasteiger charge is 2.17. The molecule has 0 saturated carbocycles. The first-order chi connectivity index (χ1) is 13.5. The van der Waals surface area contributed by atoms with Gasteiger partial charge in [-0.2, -0.15) is 4.99 Å². The predicted molar refractivity (Wildman–Crippen MR) is 104 cm³/mol. The first-order valence-corrected chi connectivity index (χ1v) is 9.31. The Hall–Kier alpha value is -3.46. The summed E-state index contributed by atoms with van der Waals surface area (Å²) in [5.74, 6) is 0.914. The fourth-order valence-corrected chi connectivity index (χ4v) is 4.00. The van der Waals surface area contributed by atoms with Crippen molar-refractivity contribution in [2.24, 2.45) is 4.99 Å². The molecular weight excluding hydrogens is 382 g/mol. The molecule has 1 aliphatic heterocycles. The van der Waals surface area contributed by atoms with Crippen molar-refractivity contribution in [2.45, 2.75) is 13.5 Å². The van der Waals surface area contributed by atoms with Crippen molar-refractivity contribution in [3.8, 4) is 11.5 Å². The van der Waals surface area contributed by atoms with Gasteiger partial charge < -0.3 is 14.0 Å². The van der Waals surface area contributed by atoms with Crippen LogP contribution in [0.5, 0.6) is 11.5 Å². The molecule has 0 radical (unpaired) electrons. The minimum atomic E-state index is -0.476. The number of rotatable bonds is 4. The number of hydrogen-bond acceptors (Lipinski definition) is 6. The number of aryl methyl sites for hydroxylation is 1. The van der Waals surface area contributed by atoms with Crippen LogP contribution in [0.1, 0.15) is 12.5 Å². The molecule has 2 heterocycles. The highest BCUT2D eigenvalue weighted by atomic mass is 32.1. The largest absolute Gasteiger partial charge is 0.454 e. The molecule has 1 aromatic heterocycles. The quantitative estimate of drug-likeness (QED) is 0.381. The molecule has 8 nitrogen and oxygen atoms in total. The van der Waals surface area contributed by atoms with E-state index in [1.165, 1.54) is 35.6 Å². The molecule has 28 heavy (non-hydrogen) atoms. The van der Waals surface area contributed by atoms with Crippen LogP contribution in [0, 0.1) is 10.1 Å². The summed E-state index contributed by atoms with van der Waals surface area (Å²) in [6, 6.07) is 9.83. The van der Waals surface area contributed by atoms with Crippen LogP contribution in [0.2, 0.25) is 0 Å². The summed E-state index contributed by atoms with van der Waals surface area (Å²) >= 11 is 1.39. The van der Waals surface area contributed by atoms with E-state index in [0.717, 1.165) is 10.2 Å². The Labute approximate surface area is 163 Å². The number of benzene rings is 2. The topological polar surface area (TPSA) is 96.0 Å². The number of hydrogen-bond donors (Lipinski definition) is 0. The molecule has 3 aromatic rings. The maximum Gasteiger partial charge on any atom is 0.272 e. The van der Waals surface area contributed by atoms with Crippen LogP contribution in [0.3, 0.4) is 0 Å². The van der Waals surface area contributed by atoms with Gasteiger partial charge in [-0.1, -0.05) is 23.5 Å². The average Bonchev–Trinajstić information content (AvgIpc) is 3.27. The maximum absolute atomic E-state index is 12.3. The second-order valence-corrected chi connectivity index (χ2v) is 6.95. The van der Waals surface area contributed by atoms with E-state index in [9.17, 15) is 14.9 Å². The van der Waals surface area contributed by atoms with Gasteiger partial charge in [0.1, 0.15) is 0 Å². The van der Waals surface area contributed by atoms with Gasteiger partial charge in [0, 0.05) is 36.9 Å². The van der Waals surface area contributed by atoms with Gasteiger partial charge in [-0.15, -0.1) is 0 Å². The van der Waals surface area contributed by atoms with E-state index in [0.29, 0.717) is 28.4 Å². The van der Waals surface area contributed by atoms with Gasteiger partial charge in [0.05, 0.1) is 15.1 Å². The number of nitrogens with zero attached hydrogens (tertiary/aromatic N) is 3. The van der Waals surface area contributed by atoms with E-state index in [2.05, 4.69) is 4.99 Å². The highest BCUT2D eigenvalue weighted by Crippen LogP contribution is 2.36. The number of non-ortho nitro benzene ring substituents is 1. The summed E-state index contributed by atoms with van der Waals surface area (Å²) in [5.41, 5.74) is 1.45. The summed E-state index contributed by atoms with van der Waals surface area (Å²) in [4.78, 5) is 27.4. The third kappa shape index (κ3) is 3.39. The summed E-state index contributed by atoms with van der Waals surface area (Å²) in [5, 5.41) is 10.8. The average molecular weight is 397 g/mol. The summed E-state index contributed by atoms with van der Waals surface area (Å²) in [6.45, 7) is 2.82. The standard InChI is InChI=1S/C19H15N3O5S/c1-2-21-14-9-15-16(27-11-26-15)10-17(14)28-19(21)20-18(23)7-6-12-4-3-5-13(8-12)22(24)25/h3-10H,2,11H2,1H3/b7-6+,20-19?. The zero-order valence-electron chi connectivity index (χ0n) is 14.8. The molecule has 142 valence electrons. The first-order valence-electron chi connectivity index (χ1n) is 8.49. The van der Waals surface area contributed by atoms with Gasteiger partial charge in [-0.3, -0.25) is 14.9 Å². The van der Waals surface area contributed by atoms with Crippen LogP contribution in [0.4, 0.5) is 5.69 Å². The maximum atomic E-state index is 12.3. The zero-order chi connectivity index (χ0) is 19.7. The van der Waals surface area contributed by atoms with Crippen molar-refractivity contribution in [3.63, 3.8) is 0 Å². The Morgan fingerprint density at radius 3 is 2.86 bits per heavy atom. The van der Waals surface area contributed by atoms with Gasteiger partial charge >= 0.3 is 0 Å². The Morgan fingerprint density at radius 2 is 2.11 bits per heavy atom. The van der Waals surface area contributed by atoms with E-state index >= 15 is 0 Å². The molecule has 2 aromatic carbocycles. The first kappa shape index (κ1) is 17.9. The zero-order valence-corrected chi connectivity index (χ0v) is 15.6. The molecule has 0 bridgehead atoms. The van der Waals surface area contributed by atoms with Crippen LogP contribution in [0.25, 0.3) is 16.3 Å². The van der Waals surface area contributed by atoms with Crippen molar-refractivity contribution in [2.75, 3.05) is 6.79 Å². The minimum absolute atomic E-state index is 0.0302. The number of aromatic nitrogens is 1. The van der Waals surface area contributed by atoms with Crippen molar-refractivity contribution < 1.29 is 19.2 Å². The van der Waals surface area contributed by atoms with Crippen LogP contribution in [-0.4, -0.2) is 22.2 Å². The van der Waals surface area contributed by atoms with Crippen LogP contribution in [0.15, 0.2) is 47.5 Å².